The molecule has 2 aliphatic rings. The number of nitrogens with one attached hydrogen (secondary N) is 1. The molecule has 116 valence electrons. The average molecular weight is 335 g/mol. The number of hydrogen-bond acceptors (Lipinski definition) is 1. The summed E-state index contributed by atoms with van der Waals surface area (Å²) in [6.45, 7) is 0.919. The van der Waals surface area contributed by atoms with Gasteiger partial charge in [-0.1, -0.05) is 23.7 Å². The molecule has 22 heavy (non-hydrogen) atoms. The fourth-order valence-electron chi connectivity index (χ4n) is 3.90. The smallest absolute Gasteiger partial charge is 0.0638 e. The van der Waals surface area contributed by atoms with Gasteiger partial charge >= 0.3 is 0 Å². The molecule has 2 aromatic rings. The molecule has 1 aromatic carbocycles. The molecule has 4 heteroatoms. The Morgan fingerprint density at radius 2 is 1.45 bits per heavy atom. The predicted octanol–water partition coefficient (Wildman–Crippen LogP) is 4.07. The third kappa shape index (κ3) is 2.49. The van der Waals surface area contributed by atoms with Crippen LogP contribution in [0.15, 0.2) is 24.3 Å². The molecule has 1 heterocycles. The first kappa shape index (κ1) is 15.6. The maximum atomic E-state index is 8.48. The van der Waals surface area contributed by atoms with Gasteiger partial charge in [0.25, 0.3) is 0 Å². The first-order chi connectivity index (χ1) is 10.2. The minimum Gasteiger partial charge on any atom is -0.344 e. The lowest BCUT2D eigenvalue weighted by atomic mass is 10.1. The van der Waals surface area contributed by atoms with Gasteiger partial charge < -0.3 is 9.98 Å². The molecule has 0 spiro atoms. The number of fused-ring (bicyclic) bond motifs is 2. The monoisotopic (exact) mass is 334 g/mol. The Balaban J connectivity index is 0.00000144. The quantitative estimate of drug-likeness (QED) is 0.857. The SMILES string of the molecule is Cl.N=c1c2c(n(Cc3ccc(Cl)cc3)c3c1CCC3)CCC2. The molecule has 0 atom stereocenters. The number of halogens is 2. The molecule has 4 rings (SSSR count). The molecular weight excluding hydrogens is 315 g/mol. The third-order valence-corrected chi connectivity index (χ3v) is 5.14. The van der Waals surface area contributed by atoms with Gasteiger partial charge in [0.2, 0.25) is 0 Å². The molecule has 0 unspecified atom stereocenters. The van der Waals surface area contributed by atoms with E-state index in [-0.39, 0.29) is 12.4 Å². The summed E-state index contributed by atoms with van der Waals surface area (Å²) < 4.78 is 2.51. The Morgan fingerprint density at radius 3 is 2.00 bits per heavy atom. The van der Waals surface area contributed by atoms with Gasteiger partial charge in [0.1, 0.15) is 0 Å². The highest BCUT2D eigenvalue weighted by atomic mass is 35.5. The standard InChI is InChI=1S/C18H19ClN2.ClH/c19-13-9-7-12(8-10-13)11-21-16-5-1-3-14(16)18(20)15-4-2-6-17(15)21;/h7-10,20H,1-6,11H2;1H. The number of pyridine rings is 1. The average Bonchev–Trinajstić information content (AvgIpc) is 3.15. The van der Waals surface area contributed by atoms with E-state index in [0.717, 1.165) is 42.6 Å². The highest BCUT2D eigenvalue weighted by molar-refractivity contribution is 6.30. The minimum atomic E-state index is 0. The lowest BCUT2D eigenvalue weighted by Crippen LogP contribution is -2.22. The van der Waals surface area contributed by atoms with Crippen molar-refractivity contribution in [1.82, 2.24) is 4.57 Å². The van der Waals surface area contributed by atoms with E-state index < -0.39 is 0 Å². The summed E-state index contributed by atoms with van der Waals surface area (Å²) in [5, 5.41) is 10.1. The van der Waals surface area contributed by atoms with Crippen LogP contribution in [0.3, 0.4) is 0 Å². The van der Waals surface area contributed by atoms with Crippen molar-refractivity contribution in [2.75, 3.05) is 0 Å². The summed E-state index contributed by atoms with van der Waals surface area (Å²) in [7, 11) is 0. The largest absolute Gasteiger partial charge is 0.344 e. The van der Waals surface area contributed by atoms with Crippen LogP contribution in [0.4, 0.5) is 0 Å². The summed E-state index contributed by atoms with van der Waals surface area (Å²) in [6, 6.07) is 8.17. The Hall–Kier alpha value is -1.25. The zero-order valence-corrected chi connectivity index (χ0v) is 14.1. The van der Waals surface area contributed by atoms with E-state index in [1.54, 1.807) is 0 Å². The zero-order chi connectivity index (χ0) is 14.4. The van der Waals surface area contributed by atoms with Gasteiger partial charge in [0, 0.05) is 23.0 Å². The Morgan fingerprint density at radius 1 is 0.909 bits per heavy atom. The normalized spacial score (nSPS) is 15.3. The fourth-order valence-corrected chi connectivity index (χ4v) is 4.02. The second-order valence-corrected chi connectivity index (χ2v) is 6.58. The molecule has 1 aromatic heterocycles. The van der Waals surface area contributed by atoms with Crippen molar-refractivity contribution >= 4 is 24.0 Å². The van der Waals surface area contributed by atoms with Crippen molar-refractivity contribution in [3.8, 4) is 0 Å². The molecule has 0 saturated carbocycles. The maximum absolute atomic E-state index is 8.48. The molecule has 0 saturated heterocycles. The molecule has 0 amide bonds. The Kier molecular flexibility index (Phi) is 4.33. The van der Waals surface area contributed by atoms with Crippen molar-refractivity contribution in [2.45, 2.75) is 45.1 Å². The lowest BCUT2D eigenvalue weighted by molar-refractivity contribution is 0.687. The van der Waals surface area contributed by atoms with Gasteiger partial charge in [-0.2, -0.15) is 0 Å². The van der Waals surface area contributed by atoms with E-state index in [1.807, 2.05) is 12.1 Å². The van der Waals surface area contributed by atoms with E-state index in [4.69, 9.17) is 17.0 Å². The summed E-state index contributed by atoms with van der Waals surface area (Å²) in [5.74, 6) is 0. The number of nitrogens with zero attached hydrogens (tertiary/aromatic N) is 1. The van der Waals surface area contributed by atoms with Gasteiger partial charge in [-0.05, 0) is 67.3 Å². The van der Waals surface area contributed by atoms with Crippen molar-refractivity contribution in [2.24, 2.45) is 0 Å². The first-order valence-corrected chi connectivity index (χ1v) is 8.17. The van der Waals surface area contributed by atoms with Crippen molar-refractivity contribution < 1.29 is 0 Å². The molecular formula is C18H20Cl2N2. The van der Waals surface area contributed by atoms with Crippen LogP contribution in [0.5, 0.6) is 0 Å². The van der Waals surface area contributed by atoms with E-state index in [0.29, 0.717) is 0 Å². The van der Waals surface area contributed by atoms with Crippen LogP contribution in [0.2, 0.25) is 5.02 Å². The Bertz CT molecular complexity index is 722. The van der Waals surface area contributed by atoms with E-state index >= 15 is 0 Å². The maximum Gasteiger partial charge on any atom is 0.0638 e. The number of rotatable bonds is 2. The van der Waals surface area contributed by atoms with Gasteiger partial charge in [-0.15, -0.1) is 12.4 Å². The summed E-state index contributed by atoms with van der Waals surface area (Å²) >= 11 is 5.99. The molecule has 1 N–H and O–H groups in total. The number of aromatic nitrogens is 1. The van der Waals surface area contributed by atoms with Gasteiger partial charge in [0.15, 0.2) is 0 Å². The molecule has 0 aliphatic heterocycles. The van der Waals surface area contributed by atoms with Crippen LogP contribution in [-0.4, -0.2) is 4.57 Å². The van der Waals surface area contributed by atoms with Crippen LogP contribution in [0.1, 0.15) is 40.9 Å². The second-order valence-electron chi connectivity index (χ2n) is 6.15. The molecule has 2 aliphatic carbocycles. The predicted molar refractivity (Wildman–Crippen MR) is 92.1 cm³/mol. The lowest BCUT2D eigenvalue weighted by Gasteiger charge is -2.19. The Labute approximate surface area is 142 Å². The molecule has 0 bridgehead atoms. The second kappa shape index (κ2) is 6.10. The highest BCUT2D eigenvalue weighted by Gasteiger charge is 2.25. The number of benzene rings is 1. The molecule has 0 fully saturated rings. The summed E-state index contributed by atoms with van der Waals surface area (Å²) in [5.41, 5.74) is 6.74. The molecule has 0 radical (unpaired) electrons. The van der Waals surface area contributed by atoms with Crippen molar-refractivity contribution in [3.05, 3.63) is 62.7 Å². The van der Waals surface area contributed by atoms with E-state index in [1.165, 1.54) is 40.9 Å². The van der Waals surface area contributed by atoms with Crippen LogP contribution in [0, 0.1) is 5.41 Å². The van der Waals surface area contributed by atoms with Crippen molar-refractivity contribution in [1.29, 1.82) is 5.41 Å². The van der Waals surface area contributed by atoms with Gasteiger partial charge in [-0.3, -0.25) is 0 Å². The zero-order valence-electron chi connectivity index (χ0n) is 12.5. The van der Waals surface area contributed by atoms with Crippen LogP contribution in [-0.2, 0) is 32.2 Å². The van der Waals surface area contributed by atoms with E-state index in [2.05, 4.69) is 16.7 Å². The number of hydrogen-bond donors (Lipinski definition) is 1. The van der Waals surface area contributed by atoms with Gasteiger partial charge in [-0.25, -0.2) is 0 Å². The topological polar surface area (TPSA) is 28.8 Å². The molecule has 2 nitrogen and oxygen atoms in total. The highest BCUT2D eigenvalue weighted by Crippen LogP contribution is 2.28. The van der Waals surface area contributed by atoms with Crippen LogP contribution < -0.4 is 5.36 Å². The fraction of sp³-hybridized carbons (Fsp3) is 0.389. The van der Waals surface area contributed by atoms with Crippen molar-refractivity contribution in [3.63, 3.8) is 0 Å². The van der Waals surface area contributed by atoms with E-state index in [9.17, 15) is 0 Å². The van der Waals surface area contributed by atoms with Crippen LogP contribution >= 0.6 is 24.0 Å². The van der Waals surface area contributed by atoms with Crippen LogP contribution in [0.25, 0.3) is 0 Å². The summed E-state index contributed by atoms with van der Waals surface area (Å²) in [6.07, 6.45) is 6.82. The first-order valence-electron chi connectivity index (χ1n) is 7.79. The third-order valence-electron chi connectivity index (χ3n) is 4.89. The minimum absolute atomic E-state index is 0. The summed E-state index contributed by atoms with van der Waals surface area (Å²) in [4.78, 5) is 0. The van der Waals surface area contributed by atoms with Gasteiger partial charge in [0.05, 0.1) is 5.36 Å².